The molecule has 0 spiro atoms. The Hall–Kier alpha value is -2.94. The number of nitrogens with zero attached hydrogens (tertiary/aromatic N) is 6. The Morgan fingerprint density at radius 3 is 3.00 bits per heavy atom. The van der Waals surface area contributed by atoms with Crippen molar-refractivity contribution in [1.82, 2.24) is 29.4 Å². The average molecular weight is 384 g/mol. The Morgan fingerprint density at radius 1 is 1.36 bits per heavy atom. The number of carbonyl (C=O) groups is 1. The summed E-state index contributed by atoms with van der Waals surface area (Å²) in [6, 6.07) is 1.77. The fourth-order valence-corrected chi connectivity index (χ4v) is 3.67. The highest BCUT2D eigenvalue weighted by atomic mass is 16.5. The summed E-state index contributed by atoms with van der Waals surface area (Å²) in [5.74, 6) is -0.0109. The van der Waals surface area contributed by atoms with Gasteiger partial charge in [0.25, 0.3) is 5.91 Å². The predicted octanol–water partition coefficient (Wildman–Crippen LogP) is 1.99. The fourth-order valence-electron chi connectivity index (χ4n) is 3.67. The van der Waals surface area contributed by atoms with Gasteiger partial charge in [-0.25, -0.2) is 4.98 Å². The van der Waals surface area contributed by atoms with Gasteiger partial charge in [-0.05, 0) is 19.4 Å². The number of hydrogen-bond donors (Lipinski definition) is 0. The Labute approximate surface area is 162 Å². The van der Waals surface area contributed by atoms with Crippen LogP contribution in [0.15, 0.2) is 29.3 Å². The molecule has 4 rings (SSSR count). The standard InChI is InChI=1S/C19H24N6O3/c1-3-24-17(5-7-21-24)19(26)23-9-6-16-14(11-23)18(15-12-28-13-20-15)22-25(16)8-4-10-27-2/h5,7,12-13H,3-4,6,8-11H2,1-2H3. The first-order valence-electron chi connectivity index (χ1n) is 9.50. The van der Waals surface area contributed by atoms with Crippen LogP contribution >= 0.6 is 0 Å². The molecule has 0 fully saturated rings. The van der Waals surface area contributed by atoms with E-state index in [4.69, 9.17) is 14.3 Å². The molecule has 3 aromatic rings. The van der Waals surface area contributed by atoms with Crippen molar-refractivity contribution in [2.75, 3.05) is 20.3 Å². The van der Waals surface area contributed by atoms with E-state index in [0.717, 1.165) is 36.3 Å². The quantitative estimate of drug-likeness (QED) is 0.579. The zero-order chi connectivity index (χ0) is 19.5. The van der Waals surface area contributed by atoms with Crippen LogP contribution in [0, 0.1) is 0 Å². The first-order chi connectivity index (χ1) is 13.7. The summed E-state index contributed by atoms with van der Waals surface area (Å²) in [4.78, 5) is 19.2. The second kappa shape index (κ2) is 7.97. The molecule has 0 saturated heterocycles. The zero-order valence-electron chi connectivity index (χ0n) is 16.2. The molecule has 9 nitrogen and oxygen atoms in total. The molecule has 0 unspecified atom stereocenters. The number of hydrogen-bond acceptors (Lipinski definition) is 6. The minimum Gasteiger partial charge on any atom is -0.451 e. The van der Waals surface area contributed by atoms with Crippen LogP contribution in [0.4, 0.5) is 0 Å². The maximum Gasteiger partial charge on any atom is 0.272 e. The number of aryl methyl sites for hydroxylation is 2. The van der Waals surface area contributed by atoms with Gasteiger partial charge in [0.15, 0.2) is 6.39 Å². The third-order valence-corrected chi connectivity index (χ3v) is 5.05. The van der Waals surface area contributed by atoms with Gasteiger partial charge in [0.2, 0.25) is 0 Å². The maximum atomic E-state index is 13.1. The van der Waals surface area contributed by atoms with E-state index >= 15 is 0 Å². The summed E-state index contributed by atoms with van der Waals surface area (Å²) in [5.41, 5.74) is 4.27. The van der Waals surface area contributed by atoms with Crippen LogP contribution in [0.5, 0.6) is 0 Å². The van der Waals surface area contributed by atoms with Crippen molar-refractivity contribution >= 4 is 5.91 Å². The van der Waals surface area contributed by atoms with Gasteiger partial charge in [0, 0.05) is 57.2 Å². The predicted molar refractivity (Wildman–Crippen MR) is 101 cm³/mol. The van der Waals surface area contributed by atoms with Crippen molar-refractivity contribution < 1.29 is 13.9 Å². The largest absolute Gasteiger partial charge is 0.451 e. The van der Waals surface area contributed by atoms with Gasteiger partial charge in [-0.3, -0.25) is 14.2 Å². The van der Waals surface area contributed by atoms with E-state index in [1.54, 1.807) is 30.3 Å². The Kier molecular flexibility index (Phi) is 5.25. The molecular weight excluding hydrogens is 360 g/mol. The van der Waals surface area contributed by atoms with Crippen molar-refractivity contribution in [3.63, 3.8) is 0 Å². The van der Waals surface area contributed by atoms with Crippen LogP contribution in [0.25, 0.3) is 11.4 Å². The molecule has 3 aromatic heterocycles. The van der Waals surface area contributed by atoms with Crippen molar-refractivity contribution in [2.45, 2.75) is 39.4 Å². The topological polar surface area (TPSA) is 91.2 Å². The minimum atomic E-state index is -0.0109. The highest BCUT2D eigenvalue weighted by Gasteiger charge is 2.30. The van der Waals surface area contributed by atoms with Gasteiger partial charge in [0.05, 0.1) is 6.54 Å². The van der Waals surface area contributed by atoms with Crippen LogP contribution in [0.3, 0.4) is 0 Å². The molecule has 1 aliphatic rings. The van der Waals surface area contributed by atoms with Gasteiger partial charge in [-0.15, -0.1) is 0 Å². The summed E-state index contributed by atoms with van der Waals surface area (Å²) in [7, 11) is 1.70. The normalized spacial score (nSPS) is 13.7. The molecule has 1 amide bonds. The van der Waals surface area contributed by atoms with E-state index in [2.05, 4.69) is 10.1 Å². The molecule has 9 heteroatoms. The molecule has 0 aromatic carbocycles. The van der Waals surface area contributed by atoms with E-state index in [9.17, 15) is 4.79 Å². The molecule has 1 aliphatic heterocycles. The summed E-state index contributed by atoms with van der Waals surface area (Å²) in [6.45, 7) is 5.23. The fraction of sp³-hybridized carbons (Fsp3) is 0.474. The van der Waals surface area contributed by atoms with Crippen LogP contribution in [0.1, 0.15) is 35.1 Å². The minimum absolute atomic E-state index is 0.0109. The number of ether oxygens (including phenoxy) is 1. The molecule has 28 heavy (non-hydrogen) atoms. The van der Waals surface area contributed by atoms with E-state index in [0.29, 0.717) is 37.6 Å². The zero-order valence-corrected chi connectivity index (χ0v) is 16.2. The smallest absolute Gasteiger partial charge is 0.272 e. The van der Waals surface area contributed by atoms with Crippen molar-refractivity contribution in [1.29, 1.82) is 0 Å². The summed E-state index contributed by atoms with van der Waals surface area (Å²) in [5, 5.41) is 9.00. The molecule has 0 saturated carbocycles. The summed E-state index contributed by atoms with van der Waals surface area (Å²) in [6.07, 6.45) is 6.29. The second-order valence-electron chi connectivity index (χ2n) is 6.73. The molecule has 0 atom stereocenters. The van der Waals surface area contributed by atoms with Crippen molar-refractivity contribution in [3.8, 4) is 11.4 Å². The maximum absolute atomic E-state index is 13.1. The van der Waals surface area contributed by atoms with E-state index in [1.807, 2.05) is 16.5 Å². The first kappa shape index (κ1) is 18.4. The van der Waals surface area contributed by atoms with Crippen LogP contribution in [-0.2, 0) is 30.8 Å². The van der Waals surface area contributed by atoms with Gasteiger partial charge in [0.1, 0.15) is 23.3 Å². The van der Waals surface area contributed by atoms with Crippen molar-refractivity contribution in [3.05, 3.63) is 41.9 Å². The number of methoxy groups -OCH3 is 1. The highest BCUT2D eigenvalue weighted by molar-refractivity contribution is 5.92. The van der Waals surface area contributed by atoms with Crippen LogP contribution < -0.4 is 0 Å². The molecule has 0 bridgehead atoms. The second-order valence-corrected chi connectivity index (χ2v) is 6.73. The van der Waals surface area contributed by atoms with E-state index < -0.39 is 0 Å². The first-order valence-corrected chi connectivity index (χ1v) is 9.50. The highest BCUT2D eigenvalue weighted by Crippen LogP contribution is 2.30. The Morgan fingerprint density at radius 2 is 2.25 bits per heavy atom. The third-order valence-electron chi connectivity index (χ3n) is 5.05. The molecule has 148 valence electrons. The Balaban J connectivity index is 1.64. The van der Waals surface area contributed by atoms with Gasteiger partial charge in [-0.2, -0.15) is 10.2 Å². The van der Waals surface area contributed by atoms with Gasteiger partial charge < -0.3 is 14.1 Å². The van der Waals surface area contributed by atoms with Gasteiger partial charge in [-0.1, -0.05) is 0 Å². The lowest BCUT2D eigenvalue weighted by atomic mass is 10.0. The van der Waals surface area contributed by atoms with E-state index in [-0.39, 0.29) is 5.91 Å². The van der Waals surface area contributed by atoms with Gasteiger partial charge >= 0.3 is 0 Å². The number of fused-ring (bicyclic) bond motifs is 1. The molecule has 0 radical (unpaired) electrons. The van der Waals surface area contributed by atoms with Crippen molar-refractivity contribution in [2.24, 2.45) is 0 Å². The third kappa shape index (κ3) is 3.33. The average Bonchev–Trinajstić information content (AvgIpc) is 3.46. The molecular formula is C19H24N6O3. The van der Waals surface area contributed by atoms with Crippen LogP contribution in [0.2, 0.25) is 0 Å². The van der Waals surface area contributed by atoms with E-state index in [1.165, 1.54) is 6.39 Å². The summed E-state index contributed by atoms with van der Waals surface area (Å²) < 4.78 is 14.1. The number of aromatic nitrogens is 5. The lowest BCUT2D eigenvalue weighted by Gasteiger charge is -2.28. The molecule has 4 heterocycles. The number of rotatable bonds is 7. The molecule has 0 N–H and O–H groups in total. The monoisotopic (exact) mass is 384 g/mol. The number of carbonyl (C=O) groups excluding carboxylic acids is 1. The lowest BCUT2D eigenvalue weighted by Crippen LogP contribution is -2.37. The SMILES string of the molecule is CCn1nccc1C(=O)N1CCc2c(c(-c3cocn3)nn2CCCOC)C1. The lowest BCUT2D eigenvalue weighted by molar-refractivity contribution is 0.0720. The summed E-state index contributed by atoms with van der Waals surface area (Å²) >= 11 is 0. The number of oxazole rings is 1. The molecule has 0 aliphatic carbocycles. The Bertz CT molecular complexity index is 943. The van der Waals surface area contributed by atoms with Crippen LogP contribution in [-0.4, -0.2) is 55.6 Å². The number of amides is 1.